The Morgan fingerprint density at radius 1 is 0.861 bits per heavy atom. The number of amides is 1. The van der Waals surface area contributed by atoms with Crippen molar-refractivity contribution in [2.75, 3.05) is 27.9 Å². The lowest BCUT2D eigenvalue weighted by atomic mass is 10.0. The third kappa shape index (κ3) is 4.31. The SMILES string of the molecule is COc1cc(-c2nc(C(=O)NCCc3ccccc3)cc3c2[nH]c2ccccc23)cc(OC)c1OC. The largest absolute Gasteiger partial charge is 0.493 e. The summed E-state index contributed by atoms with van der Waals surface area (Å²) in [6.45, 7) is 0.510. The van der Waals surface area contributed by atoms with Crippen LogP contribution in [-0.2, 0) is 6.42 Å². The molecule has 0 saturated heterocycles. The number of nitrogens with zero attached hydrogens (tertiary/aromatic N) is 1. The number of hydrogen-bond donors (Lipinski definition) is 2. The van der Waals surface area contributed by atoms with Crippen molar-refractivity contribution in [2.45, 2.75) is 6.42 Å². The van der Waals surface area contributed by atoms with Crippen LogP contribution in [0.1, 0.15) is 16.1 Å². The van der Waals surface area contributed by atoms with Crippen LogP contribution >= 0.6 is 0 Å². The molecule has 2 heterocycles. The quantitative estimate of drug-likeness (QED) is 0.311. The smallest absolute Gasteiger partial charge is 0.269 e. The Kier molecular flexibility index (Phi) is 6.45. The van der Waals surface area contributed by atoms with E-state index in [0.717, 1.165) is 39.4 Å². The van der Waals surface area contributed by atoms with Gasteiger partial charge >= 0.3 is 0 Å². The molecular formula is C29H27N3O4. The van der Waals surface area contributed by atoms with E-state index in [1.165, 1.54) is 0 Å². The van der Waals surface area contributed by atoms with Gasteiger partial charge in [0.25, 0.3) is 5.91 Å². The Labute approximate surface area is 209 Å². The average molecular weight is 482 g/mol. The first-order valence-electron chi connectivity index (χ1n) is 11.7. The first-order chi connectivity index (χ1) is 17.6. The normalized spacial score (nSPS) is 11.0. The number of nitrogens with one attached hydrogen (secondary N) is 2. The maximum atomic E-state index is 13.2. The molecule has 7 heteroatoms. The van der Waals surface area contributed by atoms with Gasteiger partial charge in [-0.1, -0.05) is 48.5 Å². The summed E-state index contributed by atoms with van der Waals surface area (Å²) in [5.41, 5.74) is 4.65. The number of hydrogen-bond acceptors (Lipinski definition) is 5. The van der Waals surface area contributed by atoms with E-state index in [1.54, 1.807) is 21.3 Å². The van der Waals surface area contributed by atoms with Crippen molar-refractivity contribution in [1.82, 2.24) is 15.3 Å². The Morgan fingerprint density at radius 3 is 2.25 bits per heavy atom. The van der Waals surface area contributed by atoms with Crippen molar-refractivity contribution in [1.29, 1.82) is 0 Å². The van der Waals surface area contributed by atoms with Crippen LogP contribution in [0.15, 0.2) is 72.8 Å². The lowest BCUT2D eigenvalue weighted by Gasteiger charge is -2.15. The molecule has 0 atom stereocenters. The molecule has 0 saturated carbocycles. The summed E-state index contributed by atoms with van der Waals surface area (Å²) in [5, 5.41) is 4.94. The predicted molar refractivity (Wildman–Crippen MR) is 141 cm³/mol. The molecule has 0 aliphatic carbocycles. The van der Waals surface area contributed by atoms with Crippen LogP contribution in [-0.4, -0.2) is 43.7 Å². The van der Waals surface area contributed by atoms with Gasteiger partial charge in [0.05, 0.1) is 32.5 Å². The van der Waals surface area contributed by atoms with Gasteiger partial charge in [-0.05, 0) is 36.2 Å². The van der Waals surface area contributed by atoms with Crippen LogP contribution in [0.4, 0.5) is 0 Å². The van der Waals surface area contributed by atoms with Gasteiger partial charge in [0, 0.05) is 28.4 Å². The fraction of sp³-hybridized carbons (Fsp3) is 0.172. The first kappa shape index (κ1) is 23.2. The monoisotopic (exact) mass is 481 g/mol. The van der Waals surface area contributed by atoms with E-state index >= 15 is 0 Å². The van der Waals surface area contributed by atoms with Crippen LogP contribution in [0.2, 0.25) is 0 Å². The molecule has 3 aromatic carbocycles. The highest BCUT2D eigenvalue weighted by Crippen LogP contribution is 2.42. The molecule has 182 valence electrons. The van der Waals surface area contributed by atoms with Crippen molar-refractivity contribution in [3.8, 4) is 28.5 Å². The summed E-state index contributed by atoms with van der Waals surface area (Å²) in [4.78, 5) is 21.5. The molecule has 0 unspecified atom stereocenters. The molecule has 0 spiro atoms. The fourth-order valence-electron chi connectivity index (χ4n) is 4.44. The van der Waals surface area contributed by atoms with E-state index in [2.05, 4.69) is 10.3 Å². The number of carbonyl (C=O) groups is 1. The molecule has 0 bridgehead atoms. The molecule has 5 aromatic rings. The molecule has 0 fully saturated rings. The van der Waals surface area contributed by atoms with Gasteiger partial charge in [0.1, 0.15) is 5.69 Å². The molecule has 7 nitrogen and oxygen atoms in total. The number of benzene rings is 3. The van der Waals surface area contributed by atoms with Gasteiger partial charge in [0.2, 0.25) is 5.75 Å². The molecule has 0 radical (unpaired) electrons. The van der Waals surface area contributed by atoms with Gasteiger partial charge in [0.15, 0.2) is 11.5 Å². The van der Waals surface area contributed by atoms with E-state index in [1.807, 2.05) is 72.8 Å². The van der Waals surface area contributed by atoms with Gasteiger partial charge < -0.3 is 24.5 Å². The minimum absolute atomic E-state index is 0.230. The number of pyridine rings is 1. The van der Waals surface area contributed by atoms with Crippen molar-refractivity contribution in [2.24, 2.45) is 0 Å². The Bertz CT molecular complexity index is 1520. The standard InChI is InChI=1S/C29H27N3O4/c1-34-24-15-19(16-25(35-2)28(24)36-3)26-27-21(20-11-7-8-12-22(20)31-27)17-23(32-26)29(33)30-14-13-18-9-5-4-6-10-18/h4-12,15-17,31H,13-14H2,1-3H3,(H,30,33). The van der Waals surface area contributed by atoms with Crippen LogP contribution < -0.4 is 19.5 Å². The number of fused-ring (bicyclic) bond motifs is 3. The summed E-state index contributed by atoms with van der Waals surface area (Å²) in [5.74, 6) is 1.28. The van der Waals surface area contributed by atoms with Crippen molar-refractivity contribution in [3.05, 3.63) is 84.1 Å². The molecule has 1 amide bonds. The van der Waals surface area contributed by atoms with Crippen molar-refractivity contribution >= 4 is 27.7 Å². The molecular weight excluding hydrogens is 454 g/mol. The summed E-state index contributed by atoms with van der Waals surface area (Å²) in [6, 6.07) is 23.6. The highest BCUT2D eigenvalue weighted by molar-refractivity contribution is 6.13. The zero-order chi connectivity index (χ0) is 25.1. The summed E-state index contributed by atoms with van der Waals surface area (Å²) in [6.07, 6.45) is 0.738. The third-order valence-corrected chi connectivity index (χ3v) is 6.21. The van der Waals surface area contributed by atoms with Gasteiger partial charge in [-0.3, -0.25) is 4.79 Å². The van der Waals surface area contributed by atoms with Crippen molar-refractivity contribution in [3.63, 3.8) is 0 Å². The van der Waals surface area contributed by atoms with Gasteiger partial charge in [-0.15, -0.1) is 0 Å². The Balaban J connectivity index is 1.60. The van der Waals surface area contributed by atoms with E-state index < -0.39 is 0 Å². The maximum absolute atomic E-state index is 13.2. The maximum Gasteiger partial charge on any atom is 0.269 e. The predicted octanol–water partition coefficient (Wildman–Crippen LogP) is 5.38. The van der Waals surface area contributed by atoms with Crippen LogP contribution in [0, 0.1) is 0 Å². The van der Waals surface area contributed by atoms with Crippen LogP contribution in [0.5, 0.6) is 17.2 Å². The number of para-hydroxylation sites is 1. The van der Waals surface area contributed by atoms with E-state index in [4.69, 9.17) is 19.2 Å². The van der Waals surface area contributed by atoms with E-state index in [0.29, 0.717) is 35.2 Å². The average Bonchev–Trinajstić information content (AvgIpc) is 3.31. The summed E-state index contributed by atoms with van der Waals surface area (Å²) >= 11 is 0. The second-order valence-electron chi connectivity index (χ2n) is 8.35. The number of rotatable bonds is 8. The third-order valence-electron chi connectivity index (χ3n) is 6.21. The van der Waals surface area contributed by atoms with Gasteiger partial charge in [-0.2, -0.15) is 0 Å². The van der Waals surface area contributed by atoms with Gasteiger partial charge in [-0.25, -0.2) is 4.98 Å². The minimum atomic E-state index is -0.230. The highest BCUT2D eigenvalue weighted by atomic mass is 16.5. The number of carbonyl (C=O) groups excluding carboxylic acids is 1. The van der Waals surface area contributed by atoms with Crippen LogP contribution in [0.25, 0.3) is 33.1 Å². The molecule has 36 heavy (non-hydrogen) atoms. The number of H-pyrrole nitrogens is 1. The highest BCUT2D eigenvalue weighted by Gasteiger charge is 2.20. The Morgan fingerprint density at radius 2 is 1.56 bits per heavy atom. The molecule has 0 aliphatic heterocycles. The summed E-state index contributed by atoms with van der Waals surface area (Å²) < 4.78 is 16.6. The molecule has 0 aliphatic rings. The number of aromatic nitrogens is 2. The van der Waals surface area contributed by atoms with E-state index in [9.17, 15) is 4.79 Å². The van der Waals surface area contributed by atoms with E-state index in [-0.39, 0.29) is 5.91 Å². The van der Waals surface area contributed by atoms with Crippen LogP contribution in [0.3, 0.4) is 0 Å². The molecule has 2 aromatic heterocycles. The molecule has 5 rings (SSSR count). The first-order valence-corrected chi connectivity index (χ1v) is 11.7. The molecule has 2 N–H and O–H groups in total. The zero-order valence-corrected chi connectivity index (χ0v) is 20.4. The topological polar surface area (TPSA) is 85.5 Å². The second kappa shape index (κ2) is 10.00. The number of methoxy groups -OCH3 is 3. The Hall–Kier alpha value is -4.52. The number of aromatic amines is 1. The second-order valence-corrected chi connectivity index (χ2v) is 8.35. The lowest BCUT2D eigenvalue weighted by Crippen LogP contribution is -2.26. The summed E-state index contributed by atoms with van der Waals surface area (Å²) in [7, 11) is 4.71. The zero-order valence-electron chi connectivity index (χ0n) is 20.4. The minimum Gasteiger partial charge on any atom is -0.493 e. The van der Waals surface area contributed by atoms with Crippen molar-refractivity contribution < 1.29 is 19.0 Å². The lowest BCUT2D eigenvalue weighted by molar-refractivity contribution is 0.0949. The fourth-order valence-corrected chi connectivity index (χ4v) is 4.44. The number of ether oxygens (including phenoxy) is 3.